The summed E-state index contributed by atoms with van der Waals surface area (Å²) in [5, 5.41) is 9.66. The maximum absolute atomic E-state index is 11.5. The van der Waals surface area contributed by atoms with E-state index in [9.17, 15) is 4.79 Å². The first-order valence-corrected chi connectivity index (χ1v) is 9.34. The molecule has 0 unspecified atom stereocenters. The number of aryl methyl sites for hydroxylation is 1. The van der Waals surface area contributed by atoms with Crippen LogP contribution < -0.4 is 0 Å². The van der Waals surface area contributed by atoms with E-state index < -0.39 is 0 Å². The van der Waals surface area contributed by atoms with Gasteiger partial charge in [0.1, 0.15) is 5.82 Å². The third kappa shape index (κ3) is 3.47. The topological polar surface area (TPSA) is 57.0 Å². The van der Waals surface area contributed by atoms with E-state index in [0.29, 0.717) is 12.6 Å². The molecule has 0 bridgehead atoms. The van der Waals surface area contributed by atoms with Crippen molar-refractivity contribution in [3.63, 3.8) is 0 Å². The van der Waals surface area contributed by atoms with Crippen molar-refractivity contribution in [1.29, 1.82) is 0 Å². The van der Waals surface area contributed by atoms with Gasteiger partial charge in [0.15, 0.2) is 5.16 Å². The van der Waals surface area contributed by atoms with Crippen LogP contribution in [-0.4, -0.2) is 33.1 Å². The Morgan fingerprint density at radius 2 is 2.18 bits per heavy atom. The molecule has 3 atom stereocenters. The van der Waals surface area contributed by atoms with E-state index in [4.69, 9.17) is 4.74 Å². The molecule has 122 valence electrons. The lowest BCUT2D eigenvalue weighted by atomic mass is 9.87. The third-order valence-electron chi connectivity index (χ3n) is 4.85. The molecule has 0 N–H and O–H groups in total. The quantitative estimate of drug-likeness (QED) is 0.614. The average molecular weight is 323 g/mol. The van der Waals surface area contributed by atoms with Gasteiger partial charge in [0.2, 0.25) is 0 Å². The van der Waals surface area contributed by atoms with Gasteiger partial charge in [-0.25, -0.2) is 0 Å². The molecule has 1 saturated carbocycles. The minimum atomic E-state index is -0.0284. The first-order valence-electron chi connectivity index (χ1n) is 8.36. The van der Waals surface area contributed by atoms with Gasteiger partial charge in [0.25, 0.3) is 0 Å². The summed E-state index contributed by atoms with van der Waals surface area (Å²) in [4.78, 5) is 11.5. The maximum Gasteiger partial charge on any atom is 0.309 e. The lowest BCUT2D eigenvalue weighted by molar-refractivity contribution is -0.141. The van der Waals surface area contributed by atoms with Gasteiger partial charge in [0, 0.05) is 11.8 Å². The number of aromatic nitrogens is 3. The van der Waals surface area contributed by atoms with E-state index in [1.54, 1.807) is 11.8 Å². The Kier molecular flexibility index (Phi) is 5.06. The molecule has 2 heterocycles. The second-order valence-corrected chi connectivity index (χ2v) is 7.68. The first kappa shape index (κ1) is 15.8. The fourth-order valence-electron chi connectivity index (χ4n) is 3.60. The van der Waals surface area contributed by atoms with E-state index in [2.05, 4.69) is 21.7 Å². The van der Waals surface area contributed by atoms with Crippen molar-refractivity contribution in [2.75, 3.05) is 12.4 Å². The number of ether oxygens (including phenoxy) is 1. The van der Waals surface area contributed by atoms with Crippen LogP contribution in [0.25, 0.3) is 0 Å². The van der Waals surface area contributed by atoms with E-state index >= 15 is 0 Å². The van der Waals surface area contributed by atoms with Gasteiger partial charge in [-0.05, 0) is 38.5 Å². The van der Waals surface area contributed by atoms with Gasteiger partial charge in [-0.1, -0.05) is 31.5 Å². The molecule has 2 aliphatic rings. The smallest absolute Gasteiger partial charge is 0.309 e. The van der Waals surface area contributed by atoms with Crippen LogP contribution in [0.4, 0.5) is 0 Å². The fraction of sp³-hybridized carbons (Fsp3) is 0.812. The van der Waals surface area contributed by atoms with Crippen molar-refractivity contribution in [3.05, 3.63) is 5.82 Å². The molecule has 0 amide bonds. The van der Waals surface area contributed by atoms with E-state index in [-0.39, 0.29) is 11.9 Å². The minimum absolute atomic E-state index is 0.0284. The number of hydrogen-bond donors (Lipinski definition) is 0. The molecular formula is C16H25N3O2S. The molecule has 5 nitrogen and oxygen atoms in total. The van der Waals surface area contributed by atoms with Gasteiger partial charge in [-0.3, -0.25) is 4.79 Å². The first-order chi connectivity index (χ1) is 10.6. The van der Waals surface area contributed by atoms with Crippen LogP contribution >= 0.6 is 11.8 Å². The van der Waals surface area contributed by atoms with Crippen LogP contribution in [0.5, 0.6) is 0 Å². The molecule has 22 heavy (non-hydrogen) atoms. The number of carbonyl (C=O) groups is 1. The number of cyclic esters (lactones) is 1. The molecule has 6 heteroatoms. The van der Waals surface area contributed by atoms with Crippen molar-refractivity contribution in [1.82, 2.24) is 14.8 Å². The zero-order valence-corrected chi connectivity index (χ0v) is 14.3. The summed E-state index contributed by atoms with van der Waals surface area (Å²) in [7, 11) is 0. The van der Waals surface area contributed by atoms with Crippen LogP contribution in [0, 0.1) is 18.8 Å². The Hall–Kier alpha value is -1.04. The van der Waals surface area contributed by atoms with Gasteiger partial charge < -0.3 is 9.30 Å². The van der Waals surface area contributed by atoms with Crippen LogP contribution in [0.2, 0.25) is 0 Å². The second kappa shape index (κ2) is 7.02. The van der Waals surface area contributed by atoms with Crippen molar-refractivity contribution < 1.29 is 9.53 Å². The fourth-order valence-corrected chi connectivity index (χ4v) is 4.70. The minimum Gasteiger partial charge on any atom is -0.465 e. The highest BCUT2D eigenvalue weighted by Gasteiger charge is 2.27. The molecule has 1 aliphatic carbocycles. The van der Waals surface area contributed by atoms with Crippen molar-refractivity contribution >= 4 is 17.7 Å². The molecule has 2 fully saturated rings. The summed E-state index contributed by atoms with van der Waals surface area (Å²) >= 11 is 1.73. The van der Waals surface area contributed by atoms with Crippen molar-refractivity contribution in [2.45, 2.75) is 63.6 Å². The Labute approximate surface area is 136 Å². The maximum atomic E-state index is 11.5. The highest BCUT2D eigenvalue weighted by Crippen LogP contribution is 2.35. The molecule has 1 saturated heterocycles. The van der Waals surface area contributed by atoms with Gasteiger partial charge >= 0.3 is 5.97 Å². The van der Waals surface area contributed by atoms with Crippen molar-refractivity contribution in [3.8, 4) is 0 Å². The normalized spacial score (nSPS) is 28.8. The number of rotatable bonds is 5. The summed E-state index contributed by atoms with van der Waals surface area (Å²) in [6.07, 6.45) is 6.82. The lowest BCUT2D eigenvalue weighted by Crippen LogP contribution is -2.19. The zero-order chi connectivity index (χ0) is 15.5. The third-order valence-corrected chi connectivity index (χ3v) is 5.83. The van der Waals surface area contributed by atoms with E-state index in [1.807, 2.05) is 6.92 Å². The molecule has 3 rings (SSSR count). The van der Waals surface area contributed by atoms with E-state index in [1.165, 1.54) is 25.7 Å². The zero-order valence-electron chi connectivity index (χ0n) is 13.5. The predicted octanol–water partition coefficient (Wildman–Crippen LogP) is 3.38. The number of hydrogen-bond acceptors (Lipinski definition) is 5. The van der Waals surface area contributed by atoms with Gasteiger partial charge in [-0.2, -0.15) is 0 Å². The Morgan fingerprint density at radius 3 is 2.91 bits per heavy atom. The summed E-state index contributed by atoms with van der Waals surface area (Å²) in [6.45, 7) is 4.97. The number of thioether (sulfide) groups is 1. The van der Waals surface area contributed by atoms with Crippen LogP contribution in [-0.2, 0) is 9.53 Å². The molecule has 1 aromatic heterocycles. The standard InChI is InChI=1S/C16H25N3O2S/c1-11-4-3-5-14(10-11)19-12(2)17-18-16(19)22-9-7-13-6-8-21-15(13)20/h11,13-14H,3-10H2,1-2H3/t11-,13-,14-/m0/s1. The van der Waals surface area contributed by atoms with Crippen LogP contribution in [0.15, 0.2) is 5.16 Å². The number of nitrogens with zero attached hydrogens (tertiary/aromatic N) is 3. The number of esters is 1. The molecule has 1 aliphatic heterocycles. The van der Waals surface area contributed by atoms with Crippen molar-refractivity contribution in [2.24, 2.45) is 11.8 Å². The van der Waals surface area contributed by atoms with E-state index in [0.717, 1.165) is 35.5 Å². The Balaban J connectivity index is 1.60. The highest BCUT2D eigenvalue weighted by molar-refractivity contribution is 7.99. The molecule has 0 spiro atoms. The summed E-state index contributed by atoms with van der Waals surface area (Å²) < 4.78 is 7.35. The average Bonchev–Trinajstić information content (AvgIpc) is 3.06. The van der Waals surface area contributed by atoms with Crippen LogP contribution in [0.1, 0.15) is 57.3 Å². The Morgan fingerprint density at radius 1 is 1.32 bits per heavy atom. The highest BCUT2D eigenvalue weighted by atomic mass is 32.2. The SMILES string of the molecule is Cc1nnc(SCC[C@@H]2CCOC2=O)n1[C@H]1CCC[C@H](C)C1. The molecule has 1 aromatic rings. The largest absolute Gasteiger partial charge is 0.465 e. The molecule has 0 aromatic carbocycles. The van der Waals surface area contributed by atoms with Gasteiger partial charge in [0.05, 0.1) is 12.5 Å². The summed E-state index contributed by atoms with van der Waals surface area (Å²) in [6, 6.07) is 0.540. The molecular weight excluding hydrogens is 298 g/mol. The van der Waals surface area contributed by atoms with Gasteiger partial charge in [-0.15, -0.1) is 10.2 Å². The second-order valence-electron chi connectivity index (χ2n) is 6.62. The number of carbonyl (C=O) groups excluding carboxylic acids is 1. The Bertz CT molecular complexity index is 531. The van der Waals surface area contributed by atoms with Crippen LogP contribution in [0.3, 0.4) is 0 Å². The lowest BCUT2D eigenvalue weighted by Gasteiger charge is -2.29. The summed E-state index contributed by atoms with van der Waals surface area (Å²) in [5.41, 5.74) is 0. The summed E-state index contributed by atoms with van der Waals surface area (Å²) in [5.74, 6) is 2.76. The predicted molar refractivity (Wildman–Crippen MR) is 85.8 cm³/mol. The molecule has 0 radical (unpaired) electrons. The monoisotopic (exact) mass is 323 g/mol.